The average Bonchev–Trinajstić information content (AvgIpc) is 2.93. The number of esters is 2. The Balaban J connectivity index is 4.60. The molecule has 5 atom stereocenters. The number of nitrogens with one attached hydrogen (secondary N) is 1. The molecule has 0 aliphatic carbocycles. The molecule has 246 valence electrons. The lowest BCUT2D eigenvalue weighted by atomic mass is 9.75. The predicted octanol–water partition coefficient (Wildman–Crippen LogP) is 9.32. The van der Waals surface area contributed by atoms with Crippen LogP contribution in [0.3, 0.4) is 0 Å². The molecule has 0 aliphatic rings. The molecule has 0 radical (unpaired) electrons. The van der Waals surface area contributed by atoms with Gasteiger partial charge in [-0.1, -0.05) is 86.6 Å². The Morgan fingerprint density at radius 1 is 0.881 bits per heavy atom. The third kappa shape index (κ3) is 14.9. The van der Waals surface area contributed by atoms with Gasteiger partial charge in [0.15, 0.2) is 0 Å². The lowest BCUT2D eigenvalue weighted by Gasteiger charge is -2.32. The number of amides is 1. The summed E-state index contributed by atoms with van der Waals surface area (Å²) in [5.41, 5.74) is -1.79. The van der Waals surface area contributed by atoms with Crippen molar-refractivity contribution in [2.24, 2.45) is 17.3 Å². The Bertz CT molecular complexity index is 813. The Morgan fingerprint density at radius 3 is 2.07 bits per heavy atom. The van der Waals surface area contributed by atoms with E-state index in [0.29, 0.717) is 25.2 Å². The van der Waals surface area contributed by atoms with Crippen LogP contribution in [0.5, 0.6) is 0 Å². The maximum absolute atomic E-state index is 12.7. The van der Waals surface area contributed by atoms with Crippen molar-refractivity contribution in [1.29, 1.82) is 0 Å². The largest absolute Gasteiger partial charge is 0.463 e. The van der Waals surface area contributed by atoms with Crippen molar-refractivity contribution in [3.8, 4) is 0 Å². The van der Waals surface area contributed by atoms with Gasteiger partial charge in [-0.2, -0.15) is 0 Å². The van der Waals surface area contributed by atoms with E-state index >= 15 is 0 Å². The summed E-state index contributed by atoms with van der Waals surface area (Å²) in [5, 5.41) is 2.80. The fourth-order valence-electron chi connectivity index (χ4n) is 5.25. The van der Waals surface area contributed by atoms with Crippen LogP contribution in [0, 0.1) is 17.3 Å². The summed E-state index contributed by atoms with van der Waals surface area (Å²) >= 11 is 0. The van der Waals surface area contributed by atoms with Gasteiger partial charge in [0.25, 0.3) is 0 Å². The molecule has 1 N–H and O–H groups in total. The minimum absolute atomic E-state index is 0.0988. The average molecular weight is 596 g/mol. The van der Waals surface area contributed by atoms with Crippen LogP contribution in [0.4, 0.5) is 4.79 Å². The summed E-state index contributed by atoms with van der Waals surface area (Å²) in [6.07, 6.45) is 12.4. The second kappa shape index (κ2) is 20.0. The van der Waals surface area contributed by atoms with E-state index < -0.39 is 22.7 Å². The third-order valence-electron chi connectivity index (χ3n) is 9.03. The molecule has 0 aromatic heterocycles. The molecule has 0 saturated heterocycles. The number of ether oxygens (including phenoxy) is 3. The molecule has 7 nitrogen and oxygen atoms in total. The topological polar surface area (TPSA) is 90.9 Å². The molecule has 0 bridgehead atoms. The number of carbonyl (C=O) groups is 3. The highest BCUT2D eigenvalue weighted by atomic mass is 16.6. The molecule has 0 spiro atoms. The highest BCUT2D eigenvalue weighted by molar-refractivity contribution is 5.76. The zero-order chi connectivity index (χ0) is 32.4. The Kier molecular flexibility index (Phi) is 19.0. The first-order valence-corrected chi connectivity index (χ1v) is 16.7. The van der Waals surface area contributed by atoms with Gasteiger partial charge in [0.05, 0.1) is 11.5 Å². The van der Waals surface area contributed by atoms with Gasteiger partial charge in [0.2, 0.25) is 0 Å². The van der Waals surface area contributed by atoms with Crippen molar-refractivity contribution in [3.63, 3.8) is 0 Å². The van der Waals surface area contributed by atoms with Gasteiger partial charge < -0.3 is 19.5 Å². The zero-order valence-electron chi connectivity index (χ0n) is 28.9. The van der Waals surface area contributed by atoms with E-state index in [0.717, 1.165) is 51.4 Å². The number of hydrogen-bond donors (Lipinski definition) is 1. The summed E-state index contributed by atoms with van der Waals surface area (Å²) in [4.78, 5) is 38.0. The summed E-state index contributed by atoms with van der Waals surface area (Å²) in [6, 6.07) is -0.368. The maximum Gasteiger partial charge on any atom is 0.408 e. The first-order valence-electron chi connectivity index (χ1n) is 16.7. The third-order valence-corrected chi connectivity index (χ3v) is 9.03. The molecule has 42 heavy (non-hydrogen) atoms. The van der Waals surface area contributed by atoms with Crippen LogP contribution >= 0.6 is 0 Å². The summed E-state index contributed by atoms with van der Waals surface area (Å²) in [7, 11) is 0. The van der Waals surface area contributed by atoms with Gasteiger partial charge >= 0.3 is 18.0 Å². The zero-order valence-corrected chi connectivity index (χ0v) is 28.9. The fourth-order valence-corrected chi connectivity index (χ4v) is 5.25. The second-order valence-electron chi connectivity index (χ2n) is 13.3. The van der Waals surface area contributed by atoms with Crippen molar-refractivity contribution >= 4 is 18.0 Å². The normalized spacial score (nSPS) is 17.2. The van der Waals surface area contributed by atoms with Gasteiger partial charge in [-0.05, 0) is 84.1 Å². The van der Waals surface area contributed by atoms with Crippen molar-refractivity contribution in [2.75, 3.05) is 6.61 Å². The number of carbonyl (C=O) groups excluding carboxylic acids is 3. The number of unbranched alkanes of at least 4 members (excludes halogenated alkanes) is 3. The molecule has 0 aliphatic heterocycles. The molecular weight excluding hydrogens is 530 g/mol. The van der Waals surface area contributed by atoms with Crippen molar-refractivity contribution in [1.82, 2.24) is 5.32 Å². The Hall–Kier alpha value is -2.05. The van der Waals surface area contributed by atoms with E-state index in [9.17, 15) is 14.4 Å². The van der Waals surface area contributed by atoms with Crippen LogP contribution in [0.2, 0.25) is 0 Å². The van der Waals surface area contributed by atoms with Crippen LogP contribution in [0.1, 0.15) is 153 Å². The smallest absolute Gasteiger partial charge is 0.408 e. The lowest BCUT2D eigenvalue weighted by Crippen LogP contribution is -2.43. The maximum atomic E-state index is 12.7. The van der Waals surface area contributed by atoms with E-state index in [-0.39, 0.29) is 30.5 Å². The summed E-state index contributed by atoms with van der Waals surface area (Å²) in [6.45, 7) is 24.2. The van der Waals surface area contributed by atoms with Crippen LogP contribution in [0.25, 0.3) is 0 Å². The van der Waals surface area contributed by atoms with Crippen molar-refractivity contribution < 1.29 is 28.6 Å². The van der Waals surface area contributed by atoms with Crippen LogP contribution in [-0.2, 0) is 23.8 Å². The van der Waals surface area contributed by atoms with E-state index in [4.69, 9.17) is 14.2 Å². The Morgan fingerprint density at radius 2 is 1.55 bits per heavy atom. The van der Waals surface area contributed by atoms with Gasteiger partial charge in [0.1, 0.15) is 17.8 Å². The van der Waals surface area contributed by atoms with Gasteiger partial charge in [-0.15, -0.1) is 0 Å². The number of rotatable bonds is 23. The van der Waals surface area contributed by atoms with Gasteiger partial charge in [0, 0.05) is 6.42 Å². The first kappa shape index (κ1) is 40.0. The molecule has 0 aromatic carbocycles. The fraction of sp³-hybridized carbons (Fsp3) is 0.857. The first-order chi connectivity index (χ1) is 19.6. The van der Waals surface area contributed by atoms with Crippen molar-refractivity contribution in [3.05, 3.63) is 12.7 Å². The Labute approximate surface area is 258 Å². The van der Waals surface area contributed by atoms with Gasteiger partial charge in [-0.25, -0.2) is 4.79 Å². The molecule has 7 heteroatoms. The van der Waals surface area contributed by atoms with Crippen molar-refractivity contribution in [2.45, 2.75) is 170 Å². The minimum atomic E-state index is -0.632. The van der Waals surface area contributed by atoms with Crippen LogP contribution in [0.15, 0.2) is 12.7 Å². The molecule has 1 amide bonds. The monoisotopic (exact) mass is 595 g/mol. The highest BCUT2D eigenvalue weighted by Crippen LogP contribution is 2.34. The number of hydrogen-bond acceptors (Lipinski definition) is 6. The number of alkyl carbamates (subject to hydrolysis) is 1. The molecule has 0 fully saturated rings. The molecule has 0 heterocycles. The van der Waals surface area contributed by atoms with Crippen LogP contribution in [-0.4, -0.2) is 41.9 Å². The predicted molar refractivity (Wildman–Crippen MR) is 172 cm³/mol. The molecule has 0 aromatic rings. The quantitative estimate of drug-likeness (QED) is 0.0548. The summed E-state index contributed by atoms with van der Waals surface area (Å²) < 4.78 is 17.2. The second-order valence-corrected chi connectivity index (χ2v) is 13.3. The van der Waals surface area contributed by atoms with E-state index in [2.05, 4.69) is 32.7 Å². The van der Waals surface area contributed by atoms with Gasteiger partial charge in [-0.3, -0.25) is 9.59 Å². The van der Waals surface area contributed by atoms with E-state index in [1.54, 1.807) is 13.0 Å². The van der Waals surface area contributed by atoms with Crippen LogP contribution < -0.4 is 5.32 Å². The van der Waals surface area contributed by atoms with E-state index in [1.807, 2.05) is 41.5 Å². The van der Waals surface area contributed by atoms with E-state index in [1.165, 1.54) is 12.8 Å². The molecule has 0 saturated carbocycles. The molecular formula is C35H65NO6. The lowest BCUT2D eigenvalue weighted by molar-refractivity contribution is -0.159. The molecule has 5 unspecified atom stereocenters. The highest BCUT2D eigenvalue weighted by Gasteiger charge is 2.37. The molecule has 0 rings (SSSR count). The SMILES string of the molecule is C=CC(C)(CC(CC)CCCC)OC(=O)CCCCCC(C)(CC)OC(=O)NC(C)COC(=O)C(C)(CCC)C(C)C. The summed E-state index contributed by atoms with van der Waals surface area (Å²) in [5.74, 6) is 0.272. The standard InChI is InChI=1S/C35H65NO6/c1-12-17-21-29(14-3)25-34(10,16-5)41-30(37)22-19-18-20-24-33(9,15-4)42-32(39)36-28(8)26-40-31(38)35(11,23-13-2)27(6)7/h16,27-29H,5,12-15,17-26H2,1-4,6-11H3,(H,36,39). The minimum Gasteiger partial charge on any atom is -0.463 e.